The highest BCUT2D eigenvalue weighted by Crippen LogP contribution is 2.33. The molecule has 1 aliphatic rings. The van der Waals surface area contributed by atoms with Crippen molar-refractivity contribution in [3.8, 4) is 11.1 Å². The van der Waals surface area contributed by atoms with Crippen molar-refractivity contribution in [2.45, 2.75) is 60.4 Å². The quantitative estimate of drug-likeness (QED) is 0.425. The number of fused-ring (bicyclic) bond motifs is 2. The zero-order valence-electron chi connectivity index (χ0n) is 22.7. The molecule has 3 aromatic rings. The Labute approximate surface area is 219 Å². The Morgan fingerprint density at radius 1 is 1.03 bits per heavy atom. The zero-order chi connectivity index (χ0) is 26.7. The number of nitrogens with two attached hydrogens (primary N) is 1. The van der Waals surface area contributed by atoms with Crippen LogP contribution in [0.3, 0.4) is 0 Å². The fourth-order valence-corrected chi connectivity index (χ4v) is 4.87. The first-order chi connectivity index (χ1) is 17.6. The van der Waals surface area contributed by atoms with Gasteiger partial charge in [-0.3, -0.25) is 9.59 Å². The highest BCUT2D eigenvalue weighted by molar-refractivity contribution is 6.05. The number of nitrogens with zero attached hydrogens (tertiary/aromatic N) is 3. The number of hydrogen-bond acceptors (Lipinski definition) is 4. The van der Waals surface area contributed by atoms with Gasteiger partial charge in [-0.2, -0.15) is 0 Å². The molecule has 0 radical (unpaired) electrons. The van der Waals surface area contributed by atoms with E-state index in [-0.39, 0.29) is 16.9 Å². The topological polar surface area (TPSA) is 80.7 Å². The van der Waals surface area contributed by atoms with Gasteiger partial charge in [0.15, 0.2) is 0 Å². The predicted molar refractivity (Wildman–Crippen MR) is 154 cm³/mol. The Kier molecular flexibility index (Phi) is 7.67. The number of pyridine rings is 1. The molecular weight excluding hydrogens is 460 g/mol. The van der Waals surface area contributed by atoms with Gasteiger partial charge in [-0.25, -0.2) is 4.99 Å². The van der Waals surface area contributed by atoms with E-state index < -0.39 is 0 Å². The van der Waals surface area contributed by atoms with Crippen molar-refractivity contribution in [2.75, 3.05) is 13.1 Å². The van der Waals surface area contributed by atoms with E-state index in [0.29, 0.717) is 29.8 Å². The third-order valence-corrected chi connectivity index (χ3v) is 6.50. The van der Waals surface area contributed by atoms with Crippen molar-refractivity contribution >= 4 is 34.3 Å². The number of aromatic nitrogens is 1. The van der Waals surface area contributed by atoms with E-state index >= 15 is 0 Å². The Hall–Kier alpha value is -3.67. The van der Waals surface area contributed by atoms with Gasteiger partial charge in [-0.05, 0) is 65.1 Å². The Balaban J connectivity index is 1.69. The maximum atomic E-state index is 13.2. The Bertz CT molecular complexity index is 1430. The molecule has 1 amide bonds. The fourth-order valence-electron chi connectivity index (χ4n) is 4.87. The molecule has 194 valence electrons. The van der Waals surface area contributed by atoms with Crippen LogP contribution in [0.15, 0.2) is 64.0 Å². The number of carbonyl (C=O) groups excluding carboxylic acids is 1. The van der Waals surface area contributed by atoms with E-state index in [4.69, 9.17) is 5.73 Å². The number of rotatable bonds is 7. The van der Waals surface area contributed by atoms with Crippen LogP contribution in [0.1, 0.15) is 59.4 Å². The molecule has 37 heavy (non-hydrogen) atoms. The lowest BCUT2D eigenvalue weighted by Gasteiger charge is -2.22. The first-order valence-electron chi connectivity index (χ1n) is 13.2. The number of hydrogen-bond donors (Lipinski definition) is 1. The molecule has 6 nitrogen and oxygen atoms in total. The van der Waals surface area contributed by atoms with Gasteiger partial charge in [0.2, 0.25) is 5.91 Å². The molecule has 2 aromatic carbocycles. The second-order valence-electron chi connectivity index (χ2n) is 11.1. The van der Waals surface area contributed by atoms with Crippen LogP contribution >= 0.6 is 0 Å². The van der Waals surface area contributed by atoms with Crippen LogP contribution < -0.4 is 11.3 Å². The summed E-state index contributed by atoms with van der Waals surface area (Å²) in [5, 5.41) is 1.62. The number of aliphatic imine (C=N–C) groups is 1. The second-order valence-corrected chi connectivity index (χ2v) is 11.1. The van der Waals surface area contributed by atoms with Gasteiger partial charge in [0.25, 0.3) is 5.56 Å². The van der Waals surface area contributed by atoms with Crippen molar-refractivity contribution in [1.29, 1.82) is 0 Å². The van der Waals surface area contributed by atoms with Gasteiger partial charge in [0.05, 0.1) is 5.69 Å². The van der Waals surface area contributed by atoms with Gasteiger partial charge >= 0.3 is 0 Å². The minimum absolute atomic E-state index is 0.0187. The van der Waals surface area contributed by atoms with Crippen molar-refractivity contribution in [3.63, 3.8) is 0 Å². The van der Waals surface area contributed by atoms with E-state index in [9.17, 15) is 9.59 Å². The van der Waals surface area contributed by atoms with Crippen LogP contribution in [0.25, 0.3) is 28.0 Å². The molecule has 4 rings (SSSR count). The summed E-state index contributed by atoms with van der Waals surface area (Å²) in [5.41, 5.74) is 10.6. The minimum Gasteiger partial charge on any atom is -0.387 e. The van der Waals surface area contributed by atoms with Crippen LogP contribution in [-0.2, 0) is 11.3 Å². The minimum atomic E-state index is 0.0187. The molecule has 2 N–H and O–H groups in total. The molecule has 0 saturated heterocycles. The average Bonchev–Trinajstić information content (AvgIpc) is 3.01. The SMILES string of the molecule is CCCN(CCC)C(=O)C1=Cc2ccc(-c3ccc4c(=O)n(CC(C)(C)C)ccc4c3)cc2N=C(N)C1. The van der Waals surface area contributed by atoms with Gasteiger partial charge in [-0.15, -0.1) is 0 Å². The van der Waals surface area contributed by atoms with Crippen LogP contribution in [0.5, 0.6) is 0 Å². The van der Waals surface area contributed by atoms with Crippen LogP contribution in [-0.4, -0.2) is 34.3 Å². The molecule has 0 saturated carbocycles. The van der Waals surface area contributed by atoms with Gasteiger partial charge in [0, 0.05) is 48.8 Å². The summed E-state index contributed by atoms with van der Waals surface area (Å²) in [6.07, 6.45) is 5.98. The Morgan fingerprint density at radius 3 is 2.38 bits per heavy atom. The Morgan fingerprint density at radius 2 is 1.70 bits per heavy atom. The number of amides is 1. The average molecular weight is 499 g/mol. The third kappa shape index (κ3) is 6.01. The molecule has 0 aliphatic carbocycles. The molecular formula is C31H38N4O2. The summed E-state index contributed by atoms with van der Waals surface area (Å²) < 4.78 is 1.79. The smallest absolute Gasteiger partial charge is 0.258 e. The summed E-state index contributed by atoms with van der Waals surface area (Å²) in [6.45, 7) is 12.7. The van der Waals surface area contributed by atoms with Crippen LogP contribution in [0, 0.1) is 5.41 Å². The lowest BCUT2D eigenvalue weighted by molar-refractivity contribution is -0.127. The highest BCUT2D eigenvalue weighted by Gasteiger charge is 2.21. The number of amidine groups is 1. The molecule has 1 aliphatic heterocycles. The molecule has 0 fully saturated rings. The summed E-state index contributed by atoms with van der Waals surface area (Å²) in [5.74, 6) is 0.465. The predicted octanol–water partition coefficient (Wildman–Crippen LogP) is 6.14. The summed E-state index contributed by atoms with van der Waals surface area (Å²) in [7, 11) is 0. The maximum Gasteiger partial charge on any atom is 0.258 e. The fraction of sp³-hybridized carbons (Fsp3) is 0.387. The lowest BCUT2D eigenvalue weighted by atomic mass is 9.96. The third-order valence-electron chi connectivity index (χ3n) is 6.50. The zero-order valence-corrected chi connectivity index (χ0v) is 22.7. The summed E-state index contributed by atoms with van der Waals surface area (Å²) in [4.78, 5) is 32.8. The van der Waals surface area contributed by atoms with Gasteiger partial charge in [-0.1, -0.05) is 52.8 Å². The molecule has 0 bridgehead atoms. The van der Waals surface area contributed by atoms with E-state index in [1.807, 2.05) is 59.6 Å². The van der Waals surface area contributed by atoms with Crippen molar-refractivity contribution in [1.82, 2.24) is 9.47 Å². The summed E-state index contributed by atoms with van der Waals surface area (Å²) >= 11 is 0. The first-order valence-corrected chi connectivity index (χ1v) is 13.2. The van der Waals surface area contributed by atoms with E-state index in [0.717, 1.165) is 53.7 Å². The molecule has 0 atom stereocenters. The molecule has 6 heteroatoms. The normalized spacial score (nSPS) is 13.5. The standard InChI is InChI=1S/C31H38N4O2/c1-6-13-34(14-7-2)29(36)25-17-24-9-8-22(18-27(24)33-28(32)19-25)21-10-11-26-23(16-21)12-15-35(30(26)37)20-31(3,4)5/h8-12,15-18H,6-7,13-14,19-20H2,1-5H3,(H2,32,33). The lowest BCUT2D eigenvalue weighted by Crippen LogP contribution is -2.34. The first kappa shape index (κ1) is 26.4. The van der Waals surface area contributed by atoms with Crippen LogP contribution in [0.2, 0.25) is 0 Å². The molecule has 2 heterocycles. The molecule has 0 spiro atoms. The monoisotopic (exact) mass is 498 g/mol. The van der Waals surface area contributed by atoms with Crippen molar-refractivity contribution in [3.05, 3.63) is 70.2 Å². The van der Waals surface area contributed by atoms with E-state index in [2.05, 4.69) is 39.6 Å². The highest BCUT2D eigenvalue weighted by atomic mass is 16.2. The van der Waals surface area contributed by atoms with E-state index in [1.54, 1.807) is 4.57 Å². The molecule has 1 aromatic heterocycles. The van der Waals surface area contributed by atoms with Crippen LogP contribution in [0.4, 0.5) is 5.69 Å². The van der Waals surface area contributed by atoms with Gasteiger partial charge < -0.3 is 15.2 Å². The number of benzene rings is 2. The van der Waals surface area contributed by atoms with E-state index in [1.165, 1.54) is 0 Å². The van der Waals surface area contributed by atoms with Crippen molar-refractivity contribution in [2.24, 2.45) is 16.1 Å². The van der Waals surface area contributed by atoms with Crippen molar-refractivity contribution < 1.29 is 4.79 Å². The second kappa shape index (κ2) is 10.8. The largest absolute Gasteiger partial charge is 0.387 e. The number of carbonyl (C=O) groups is 1. The molecule has 0 unspecified atom stereocenters. The summed E-state index contributed by atoms with van der Waals surface area (Å²) in [6, 6.07) is 14.0. The van der Waals surface area contributed by atoms with Gasteiger partial charge in [0.1, 0.15) is 5.84 Å². The maximum absolute atomic E-state index is 13.2.